The zero-order valence-corrected chi connectivity index (χ0v) is 12.0. The Balaban J connectivity index is 0.00000133. The Morgan fingerprint density at radius 2 is 1.95 bits per heavy atom. The summed E-state index contributed by atoms with van der Waals surface area (Å²) in [5, 5.41) is 10.00. The van der Waals surface area contributed by atoms with Crippen molar-refractivity contribution < 1.29 is 0 Å². The predicted molar refractivity (Wildman–Crippen MR) is 78.7 cm³/mol. The first-order valence-corrected chi connectivity index (χ1v) is 5.96. The molecule has 0 atom stereocenters. The predicted octanol–water partition coefficient (Wildman–Crippen LogP) is 3.41. The monoisotopic (exact) mass is 294 g/mol. The maximum Gasteiger partial charge on any atom is 0.132 e. The highest BCUT2D eigenvalue weighted by atomic mass is 35.5. The van der Waals surface area contributed by atoms with Gasteiger partial charge in [-0.25, -0.2) is 4.98 Å². The van der Waals surface area contributed by atoms with E-state index >= 15 is 0 Å². The fraction of sp³-hybridized carbons (Fsp3) is 0.154. The lowest BCUT2D eigenvalue weighted by molar-refractivity contribution is 0.655. The van der Waals surface area contributed by atoms with Crippen LogP contribution in [0.25, 0.3) is 22.3 Å². The molecule has 2 heterocycles. The molecule has 0 aliphatic heterocycles. The number of rotatable bonds is 1. The van der Waals surface area contributed by atoms with Crippen LogP contribution in [0.2, 0.25) is 5.02 Å². The zero-order chi connectivity index (χ0) is 12.7. The summed E-state index contributed by atoms with van der Waals surface area (Å²) in [4.78, 5) is 6.07. The van der Waals surface area contributed by atoms with Gasteiger partial charge in [0.05, 0.1) is 16.7 Å². The molecule has 0 spiro atoms. The minimum atomic E-state index is 0. The zero-order valence-electron chi connectivity index (χ0n) is 10.5. The number of hydrogen-bond donors (Lipinski definition) is 0. The van der Waals surface area contributed by atoms with Gasteiger partial charge in [-0.2, -0.15) is 15.0 Å². The van der Waals surface area contributed by atoms with Crippen LogP contribution in [-0.2, 0) is 7.05 Å². The van der Waals surface area contributed by atoms with E-state index < -0.39 is 0 Å². The quantitative estimate of drug-likeness (QED) is 0.691. The maximum absolute atomic E-state index is 6.38. The normalized spacial score (nSPS) is 10.5. The molecule has 0 unspecified atom stereocenters. The van der Waals surface area contributed by atoms with Gasteiger partial charge in [-0.05, 0) is 18.6 Å². The second-order valence-electron chi connectivity index (χ2n) is 4.14. The highest BCUT2D eigenvalue weighted by Gasteiger charge is 2.14. The van der Waals surface area contributed by atoms with E-state index in [1.165, 1.54) is 4.80 Å². The van der Waals surface area contributed by atoms with Crippen LogP contribution in [0.3, 0.4) is 0 Å². The van der Waals surface area contributed by atoms with Gasteiger partial charge in [0.15, 0.2) is 0 Å². The van der Waals surface area contributed by atoms with Crippen molar-refractivity contribution in [1.29, 1.82) is 0 Å². The van der Waals surface area contributed by atoms with E-state index in [0.29, 0.717) is 16.4 Å². The van der Waals surface area contributed by atoms with E-state index in [-0.39, 0.29) is 12.4 Å². The average molecular weight is 295 g/mol. The van der Waals surface area contributed by atoms with E-state index in [0.717, 1.165) is 16.5 Å². The third-order valence-corrected chi connectivity index (χ3v) is 3.38. The molecule has 0 aliphatic carbocycles. The summed E-state index contributed by atoms with van der Waals surface area (Å²) in [5.74, 6) is 0. The third-order valence-electron chi connectivity index (χ3n) is 2.92. The van der Waals surface area contributed by atoms with Gasteiger partial charge in [-0.1, -0.05) is 29.8 Å². The van der Waals surface area contributed by atoms with Crippen LogP contribution < -0.4 is 0 Å². The molecule has 0 N–H and O–H groups in total. The Hall–Kier alpha value is -1.65. The molecule has 0 radical (unpaired) electrons. The fourth-order valence-corrected chi connectivity index (χ4v) is 2.22. The van der Waals surface area contributed by atoms with Gasteiger partial charge < -0.3 is 0 Å². The van der Waals surface area contributed by atoms with Crippen LogP contribution in [0.4, 0.5) is 0 Å². The summed E-state index contributed by atoms with van der Waals surface area (Å²) >= 11 is 6.38. The molecular weight excluding hydrogens is 283 g/mol. The summed E-state index contributed by atoms with van der Waals surface area (Å²) in [6.45, 7) is 1.99. The summed E-state index contributed by atoms with van der Waals surface area (Å²) in [5.41, 5.74) is 3.31. The average Bonchev–Trinajstić information content (AvgIpc) is 2.80. The van der Waals surface area contributed by atoms with E-state index in [2.05, 4.69) is 15.2 Å². The SMILES string of the molecule is Cc1c(Cl)c(-c2cnn(C)n2)nc2ccccc12.Cl. The largest absolute Gasteiger partial charge is 0.244 e. The number of halogens is 2. The molecule has 6 heteroatoms. The number of benzene rings is 1. The van der Waals surface area contributed by atoms with E-state index in [1.807, 2.05) is 31.2 Å². The maximum atomic E-state index is 6.38. The Morgan fingerprint density at radius 3 is 2.63 bits per heavy atom. The lowest BCUT2D eigenvalue weighted by Crippen LogP contribution is -1.94. The van der Waals surface area contributed by atoms with Gasteiger partial charge in [0.25, 0.3) is 0 Å². The lowest BCUT2D eigenvalue weighted by Gasteiger charge is -2.07. The molecule has 0 aliphatic rings. The minimum Gasteiger partial charge on any atom is -0.244 e. The van der Waals surface area contributed by atoms with Gasteiger partial charge in [-0.3, -0.25) is 0 Å². The number of para-hydroxylation sites is 1. The molecule has 2 aromatic heterocycles. The third kappa shape index (κ3) is 2.29. The first-order chi connectivity index (χ1) is 8.66. The van der Waals surface area contributed by atoms with E-state index in [9.17, 15) is 0 Å². The summed E-state index contributed by atoms with van der Waals surface area (Å²) in [6.07, 6.45) is 1.67. The molecular formula is C13H12Cl2N4. The first kappa shape index (κ1) is 13.8. The van der Waals surface area contributed by atoms with E-state index in [4.69, 9.17) is 11.6 Å². The van der Waals surface area contributed by atoms with Crippen molar-refractivity contribution in [2.24, 2.45) is 7.05 Å². The van der Waals surface area contributed by atoms with Crippen LogP contribution in [-0.4, -0.2) is 20.0 Å². The van der Waals surface area contributed by atoms with Gasteiger partial charge in [-0.15, -0.1) is 12.4 Å². The molecule has 0 fully saturated rings. The summed E-state index contributed by atoms with van der Waals surface area (Å²) < 4.78 is 0. The number of pyridine rings is 1. The Kier molecular flexibility index (Phi) is 3.73. The van der Waals surface area contributed by atoms with Crippen LogP contribution in [0.5, 0.6) is 0 Å². The van der Waals surface area contributed by atoms with Crippen molar-refractivity contribution in [3.63, 3.8) is 0 Å². The highest BCUT2D eigenvalue weighted by molar-refractivity contribution is 6.34. The van der Waals surface area contributed by atoms with Crippen LogP contribution in [0, 0.1) is 6.92 Å². The smallest absolute Gasteiger partial charge is 0.132 e. The second-order valence-corrected chi connectivity index (χ2v) is 4.51. The Bertz CT molecular complexity index is 737. The summed E-state index contributed by atoms with van der Waals surface area (Å²) in [7, 11) is 1.77. The standard InChI is InChI=1S/C13H11ClN4.ClH/c1-8-9-5-3-4-6-10(9)16-13(12(8)14)11-7-15-18(2)17-11;/h3-7H,1-2H3;1H. The van der Waals surface area contributed by atoms with E-state index in [1.54, 1.807) is 13.2 Å². The topological polar surface area (TPSA) is 43.6 Å². The lowest BCUT2D eigenvalue weighted by atomic mass is 10.1. The molecule has 19 heavy (non-hydrogen) atoms. The molecule has 3 aromatic rings. The van der Waals surface area contributed by atoms with Crippen LogP contribution in [0.1, 0.15) is 5.56 Å². The Morgan fingerprint density at radius 1 is 1.21 bits per heavy atom. The second kappa shape index (κ2) is 5.15. The van der Waals surface area contributed by atoms with Crippen molar-refractivity contribution in [1.82, 2.24) is 20.0 Å². The van der Waals surface area contributed by atoms with Gasteiger partial charge >= 0.3 is 0 Å². The number of aromatic nitrogens is 4. The number of nitrogens with zero attached hydrogens (tertiary/aromatic N) is 4. The molecule has 0 saturated carbocycles. The number of aryl methyl sites for hydroxylation is 2. The van der Waals surface area contributed by atoms with Crippen LogP contribution >= 0.6 is 24.0 Å². The van der Waals surface area contributed by atoms with Crippen molar-refractivity contribution in [3.05, 3.63) is 41.0 Å². The molecule has 98 valence electrons. The Labute approximate surface area is 121 Å². The molecule has 0 bridgehead atoms. The van der Waals surface area contributed by atoms with Crippen molar-refractivity contribution in [2.45, 2.75) is 6.92 Å². The molecule has 3 rings (SSSR count). The van der Waals surface area contributed by atoms with Crippen molar-refractivity contribution >= 4 is 34.9 Å². The fourth-order valence-electron chi connectivity index (χ4n) is 1.98. The molecule has 0 saturated heterocycles. The molecule has 4 nitrogen and oxygen atoms in total. The summed E-state index contributed by atoms with van der Waals surface area (Å²) in [6, 6.07) is 7.93. The minimum absolute atomic E-state index is 0. The number of fused-ring (bicyclic) bond motifs is 1. The van der Waals surface area contributed by atoms with Crippen molar-refractivity contribution in [2.75, 3.05) is 0 Å². The highest BCUT2D eigenvalue weighted by Crippen LogP contribution is 2.31. The van der Waals surface area contributed by atoms with Crippen molar-refractivity contribution in [3.8, 4) is 11.4 Å². The van der Waals surface area contributed by atoms with Crippen LogP contribution in [0.15, 0.2) is 30.5 Å². The first-order valence-electron chi connectivity index (χ1n) is 5.58. The van der Waals surface area contributed by atoms with Gasteiger partial charge in [0.2, 0.25) is 0 Å². The molecule has 0 amide bonds. The van der Waals surface area contributed by atoms with Gasteiger partial charge in [0, 0.05) is 12.4 Å². The van der Waals surface area contributed by atoms with Gasteiger partial charge in [0.1, 0.15) is 11.4 Å². The molecule has 1 aromatic carbocycles. The number of hydrogen-bond acceptors (Lipinski definition) is 3.